The van der Waals surface area contributed by atoms with E-state index in [1.807, 2.05) is 37.4 Å². The Labute approximate surface area is 134 Å². The average molecular weight is 308 g/mol. The SMILES string of the molecule is C[OH+]CCCOCCCN1CCC(O)(c2ccccc2)CC1. The monoisotopic (exact) mass is 308 g/mol. The lowest BCUT2D eigenvalue weighted by Crippen LogP contribution is -2.43. The molecule has 22 heavy (non-hydrogen) atoms. The van der Waals surface area contributed by atoms with Crippen LogP contribution in [0.15, 0.2) is 30.3 Å². The molecule has 0 unspecified atom stereocenters. The molecule has 0 spiro atoms. The molecule has 0 radical (unpaired) electrons. The second kappa shape index (κ2) is 9.26. The van der Waals surface area contributed by atoms with Gasteiger partial charge in [0.15, 0.2) is 0 Å². The molecule has 0 bridgehead atoms. The zero-order valence-electron chi connectivity index (χ0n) is 13.7. The lowest BCUT2D eigenvalue weighted by molar-refractivity contribution is -0.0280. The van der Waals surface area contributed by atoms with E-state index in [2.05, 4.69) is 9.64 Å². The van der Waals surface area contributed by atoms with E-state index in [1.54, 1.807) is 0 Å². The van der Waals surface area contributed by atoms with Gasteiger partial charge in [-0.25, -0.2) is 0 Å². The van der Waals surface area contributed by atoms with Gasteiger partial charge in [0.2, 0.25) is 0 Å². The fourth-order valence-electron chi connectivity index (χ4n) is 3.00. The fourth-order valence-corrected chi connectivity index (χ4v) is 3.00. The third-order valence-electron chi connectivity index (χ3n) is 4.43. The summed E-state index contributed by atoms with van der Waals surface area (Å²) in [6.07, 6.45) is 3.71. The molecule has 4 heteroatoms. The highest BCUT2D eigenvalue weighted by atomic mass is 16.5. The van der Waals surface area contributed by atoms with Gasteiger partial charge in [-0.1, -0.05) is 30.3 Å². The van der Waals surface area contributed by atoms with E-state index >= 15 is 0 Å². The minimum atomic E-state index is -0.641. The summed E-state index contributed by atoms with van der Waals surface area (Å²) in [6.45, 7) is 5.50. The molecular weight excluding hydrogens is 278 g/mol. The van der Waals surface area contributed by atoms with Gasteiger partial charge in [0.05, 0.1) is 12.2 Å². The van der Waals surface area contributed by atoms with Crippen LogP contribution < -0.4 is 0 Å². The van der Waals surface area contributed by atoms with Crippen LogP contribution in [0.25, 0.3) is 0 Å². The minimum Gasteiger partial charge on any atom is -0.436 e. The number of nitrogens with zero attached hydrogens (tertiary/aromatic N) is 1. The molecule has 1 aliphatic heterocycles. The van der Waals surface area contributed by atoms with Crippen LogP contribution in [0.5, 0.6) is 0 Å². The standard InChI is InChI=1S/C18H29NO3/c1-21-14-6-16-22-15-5-11-19-12-9-18(20,10-13-19)17-7-3-2-4-8-17/h2-4,7-8,20H,5-6,9-16H2,1H3/p+1. The van der Waals surface area contributed by atoms with E-state index in [-0.39, 0.29) is 0 Å². The smallest absolute Gasteiger partial charge is 0.146 e. The first kappa shape index (κ1) is 17.4. The summed E-state index contributed by atoms with van der Waals surface area (Å²) in [4.78, 5) is 2.43. The largest absolute Gasteiger partial charge is 0.436 e. The first-order chi connectivity index (χ1) is 10.7. The van der Waals surface area contributed by atoms with Crippen molar-refractivity contribution < 1.29 is 14.6 Å². The Morgan fingerprint density at radius 2 is 1.82 bits per heavy atom. The van der Waals surface area contributed by atoms with Crippen LogP contribution >= 0.6 is 0 Å². The first-order valence-corrected chi connectivity index (χ1v) is 8.38. The summed E-state index contributed by atoms with van der Waals surface area (Å²) in [7, 11) is 1.84. The number of aliphatic hydroxyl groups is 3. The van der Waals surface area contributed by atoms with E-state index in [9.17, 15) is 5.11 Å². The van der Waals surface area contributed by atoms with Crippen LogP contribution in [0.4, 0.5) is 0 Å². The molecule has 0 amide bonds. The molecule has 0 atom stereocenters. The van der Waals surface area contributed by atoms with E-state index < -0.39 is 5.60 Å². The number of hydrogen-bond donors (Lipinski definition) is 1. The lowest BCUT2D eigenvalue weighted by Gasteiger charge is -2.38. The maximum atomic E-state index is 10.8. The Morgan fingerprint density at radius 1 is 1.14 bits per heavy atom. The number of likely N-dealkylation sites (tertiary alicyclic amines) is 1. The molecular formula is C18H30NO3+. The molecule has 124 valence electrons. The fraction of sp³-hybridized carbons (Fsp3) is 0.667. The Hall–Kier alpha value is -0.940. The number of ether oxygens (including phenoxy) is 2. The number of piperidine rings is 1. The van der Waals surface area contributed by atoms with Crippen LogP contribution in [0, 0.1) is 0 Å². The van der Waals surface area contributed by atoms with Gasteiger partial charge in [-0.3, -0.25) is 0 Å². The third-order valence-corrected chi connectivity index (χ3v) is 4.43. The molecule has 1 saturated heterocycles. The molecule has 1 fully saturated rings. The summed E-state index contributed by atoms with van der Waals surface area (Å²) < 4.78 is 9.65. The van der Waals surface area contributed by atoms with E-state index in [1.165, 1.54) is 0 Å². The average Bonchev–Trinajstić information content (AvgIpc) is 2.57. The summed E-state index contributed by atoms with van der Waals surface area (Å²) >= 11 is 0. The van der Waals surface area contributed by atoms with Gasteiger partial charge in [-0.2, -0.15) is 0 Å². The van der Waals surface area contributed by atoms with E-state index in [0.717, 1.165) is 70.7 Å². The Kier molecular flexibility index (Phi) is 7.33. The highest BCUT2D eigenvalue weighted by molar-refractivity contribution is 5.22. The van der Waals surface area contributed by atoms with Crippen molar-refractivity contribution in [1.29, 1.82) is 0 Å². The maximum Gasteiger partial charge on any atom is 0.146 e. The van der Waals surface area contributed by atoms with E-state index in [4.69, 9.17) is 4.74 Å². The summed E-state index contributed by atoms with van der Waals surface area (Å²) in [6, 6.07) is 10.1. The van der Waals surface area contributed by atoms with Gasteiger partial charge < -0.3 is 19.5 Å². The number of benzene rings is 1. The molecule has 0 saturated carbocycles. The normalized spacial score (nSPS) is 18.5. The van der Waals surface area contributed by atoms with Gasteiger partial charge >= 0.3 is 0 Å². The van der Waals surface area contributed by atoms with Crippen molar-refractivity contribution in [3.63, 3.8) is 0 Å². The molecule has 1 aromatic carbocycles. The van der Waals surface area contributed by atoms with E-state index in [0.29, 0.717) is 0 Å². The third kappa shape index (κ3) is 5.36. The van der Waals surface area contributed by atoms with Crippen molar-refractivity contribution in [2.24, 2.45) is 0 Å². The molecule has 0 aliphatic carbocycles. The summed E-state index contributed by atoms with van der Waals surface area (Å²) in [5.41, 5.74) is 0.414. The van der Waals surface area contributed by atoms with Crippen molar-refractivity contribution >= 4 is 0 Å². The van der Waals surface area contributed by atoms with Crippen LogP contribution in [0.3, 0.4) is 0 Å². The molecule has 1 aromatic rings. The molecule has 2 rings (SSSR count). The van der Waals surface area contributed by atoms with Crippen molar-refractivity contribution in [3.05, 3.63) is 35.9 Å². The Bertz CT molecular complexity index is 402. The van der Waals surface area contributed by atoms with Crippen molar-refractivity contribution in [1.82, 2.24) is 4.90 Å². The zero-order valence-corrected chi connectivity index (χ0v) is 13.7. The highest BCUT2D eigenvalue weighted by Gasteiger charge is 2.33. The number of hydrogen-bond acceptors (Lipinski definition) is 3. The summed E-state index contributed by atoms with van der Waals surface area (Å²) in [5, 5.41) is 10.8. The highest BCUT2D eigenvalue weighted by Crippen LogP contribution is 2.32. The first-order valence-electron chi connectivity index (χ1n) is 8.38. The quantitative estimate of drug-likeness (QED) is 0.560. The molecule has 1 aliphatic rings. The topological polar surface area (TPSA) is 45.5 Å². The zero-order chi connectivity index (χ0) is 15.7. The van der Waals surface area contributed by atoms with Gasteiger partial charge in [0.1, 0.15) is 13.7 Å². The van der Waals surface area contributed by atoms with Crippen molar-refractivity contribution in [3.8, 4) is 0 Å². The van der Waals surface area contributed by atoms with Gasteiger partial charge in [-0.15, -0.1) is 0 Å². The molecule has 1 heterocycles. The maximum absolute atomic E-state index is 10.8. The Morgan fingerprint density at radius 3 is 2.50 bits per heavy atom. The van der Waals surface area contributed by atoms with Gasteiger partial charge in [0, 0.05) is 32.7 Å². The molecule has 2 N–H and O–H groups in total. The van der Waals surface area contributed by atoms with Crippen molar-refractivity contribution in [2.45, 2.75) is 31.3 Å². The second-order valence-electron chi connectivity index (χ2n) is 6.10. The van der Waals surface area contributed by atoms with Crippen LogP contribution in [-0.4, -0.2) is 61.3 Å². The predicted octanol–water partition coefficient (Wildman–Crippen LogP) is 1.92. The van der Waals surface area contributed by atoms with Gasteiger partial charge in [-0.05, 0) is 24.8 Å². The van der Waals surface area contributed by atoms with Crippen LogP contribution in [0.2, 0.25) is 0 Å². The van der Waals surface area contributed by atoms with Crippen LogP contribution in [-0.2, 0) is 10.3 Å². The molecule has 4 nitrogen and oxygen atoms in total. The predicted molar refractivity (Wildman–Crippen MR) is 89.1 cm³/mol. The van der Waals surface area contributed by atoms with Gasteiger partial charge in [0.25, 0.3) is 0 Å². The second-order valence-corrected chi connectivity index (χ2v) is 6.10. The van der Waals surface area contributed by atoms with Crippen molar-refractivity contribution in [2.75, 3.05) is 46.6 Å². The minimum absolute atomic E-state index is 0.641. The number of rotatable bonds is 9. The van der Waals surface area contributed by atoms with Crippen LogP contribution in [0.1, 0.15) is 31.2 Å². The molecule has 0 aromatic heterocycles. The summed E-state index contributed by atoms with van der Waals surface area (Å²) in [5.74, 6) is 0. The Balaban J connectivity index is 1.61. The lowest BCUT2D eigenvalue weighted by atomic mass is 9.84.